The van der Waals surface area contributed by atoms with E-state index >= 15 is 0 Å². The van der Waals surface area contributed by atoms with Crippen LogP contribution in [0, 0.1) is 0 Å². The van der Waals surface area contributed by atoms with Crippen molar-refractivity contribution in [2.45, 2.75) is 64.6 Å². The maximum absolute atomic E-state index is 12.3. The van der Waals surface area contributed by atoms with Gasteiger partial charge in [-0.2, -0.15) is 0 Å². The van der Waals surface area contributed by atoms with E-state index in [0.717, 1.165) is 19.3 Å². The molecule has 0 aromatic carbocycles. The van der Waals surface area contributed by atoms with Gasteiger partial charge in [0.15, 0.2) is 0 Å². The Balaban J connectivity index is 2.69. The first-order valence-electron chi connectivity index (χ1n) is 7.62. The number of carbonyl (C=O) groups is 2. The van der Waals surface area contributed by atoms with Crippen LogP contribution in [0.25, 0.3) is 0 Å². The standard InChI is InChI=1S/C15H29N3O3/c1-11(16)13(19)17(5)10-12-8-6-7-9-18(12)14(20)21-15(2,3)4/h11-12H,6-10,16H2,1-5H3/t11-,12-/m0/s1. The van der Waals surface area contributed by atoms with E-state index in [2.05, 4.69) is 0 Å². The molecule has 0 radical (unpaired) electrons. The van der Waals surface area contributed by atoms with Crippen molar-refractivity contribution in [3.63, 3.8) is 0 Å². The summed E-state index contributed by atoms with van der Waals surface area (Å²) in [7, 11) is 1.73. The fraction of sp³-hybridized carbons (Fsp3) is 0.867. The van der Waals surface area contributed by atoms with Crippen molar-refractivity contribution in [3.8, 4) is 0 Å². The third kappa shape index (κ3) is 5.53. The third-order valence-electron chi connectivity index (χ3n) is 3.51. The van der Waals surface area contributed by atoms with Gasteiger partial charge in [0.05, 0.1) is 12.1 Å². The van der Waals surface area contributed by atoms with Gasteiger partial charge in [0.2, 0.25) is 5.91 Å². The number of ether oxygens (including phenoxy) is 1. The zero-order valence-electron chi connectivity index (χ0n) is 13.9. The second-order valence-electron chi connectivity index (χ2n) is 6.83. The zero-order chi connectivity index (χ0) is 16.2. The van der Waals surface area contributed by atoms with Crippen LogP contribution in [-0.4, -0.2) is 59.6 Å². The first kappa shape index (κ1) is 17.8. The molecule has 1 aliphatic rings. The van der Waals surface area contributed by atoms with E-state index in [0.29, 0.717) is 13.1 Å². The van der Waals surface area contributed by atoms with Crippen LogP contribution in [-0.2, 0) is 9.53 Å². The van der Waals surface area contributed by atoms with Gasteiger partial charge in [-0.15, -0.1) is 0 Å². The van der Waals surface area contributed by atoms with Gasteiger partial charge in [-0.3, -0.25) is 4.79 Å². The summed E-state index contributed by atoms with van der Waals surface area (Å²) in [6.45, 7) is 8.42. The molecule has 0 unspecified atom stereocenters. The molecule has 6 nitrogen and oxygen atoms in total. The van der Waals surface area contributed by atoms with Crippen molar-refractivity contribution in [1.82, 2.24) is 9.80 Å². The van der Waals surface area contributed by atoms with Crippen molar-refractivity contribution in [1.29, 1.82) is 0 Å². The van der Waals surface area contributed by atoms with Crippen LogP contribution < -0.4 is 5.73 Å². The maximum Gasteiger partial charge on any atom is 0.410 e. The number of rotatable bonds is 3. The Morgan fingerprint density at radius 1 is 1.38 bits per heavy atom. The molecule has 0 aromatic rings. The van der Waals surface area contributed by atoms with Crippen molar-refractivity contribution in [2.24, 2.45) is 5.73 Å². The fourth-order valence-electron chi connectivity index (χ4n) is 2.51. The molecule has 1 saturated heterocycles. The second kappa shape index (κ2) is 7.11. The van der Waals surface area contributed by atoms with Gasteiger partial charge >= 0.3 is 6.09 Å². The highest BCUT2D eigenvalue weighted by atomic mass is 16.6. The summed E-state index contributed by atoms with van der Waals surface area (Å²) in [4.78, 5) is 27.5. The van der Waals surface area contributed by atoms with Crippen molar-refractivity contribution in [2.75, 3.05) is 20.1 Å². The quantitative estimate of drug-likeness (QED) is 0.858. The lowest BCUT2D eigenvalue weighted by molar-refractivity contribution is -0.131. The minimum atomic E-state index is -0.520. The summed E-state index contributed by atoms with van der Waals surface area (Å²) in [6, 6.07) is -0.519. The van der Waals surface area contributed by atoms with E-state index < -0.39 is 11.6 Å². The summed E-state index contributed by atoms with van der Waals surface area (Å²) in [6.07, 6.45) is 2.62. The van der Waals surface area contributed by atoms with E-state index in [9.17, 15) is 9.59 Å². The number of amides is 2. The highest BCUT2D eigenvalue weighted by Gasteiger charge is 2.32. The highest BCUT2D eigenvalue weighted by Crippen LogP contribution is 2.21. The van der Waals surface area contributed by atoms with Crippen LogP contribution in [0.3, 0.4) is 0 Å². The molecular weight excluding hydrogens is 270 g/mol. The fourth-order valence-corrected chi connectivity index (χ4v) is 2.51. The molecule has 1 heterocycles. The third-order valence-corrected chi connectivity index (χ3v) is 3.51. The SMILES string of the molecule is C[C@H](N)C(=O)N(C)C[C@@H]1CCCCN1C(=O)OC(C)(C)C. The van der Waals surface area contributed by atoms with Gasteiger partial charge in [0.25, 0.3) is 0 Å². The van der Waals surface area contributed by atoms with Gasteiger partial charge in [-0.1, -0.05) is 0 Å². The highest BCUT2D eigenvalue weighted by molar-refractivity contribution is 5.81. The van der Waals surface area contributed by atoms with E-state index in [1.165, 1.54) is 0 Å². The number of likely N-dealkylation sites (tertiary alicyclic amines) is 1. The first-order valence-corrected chi connectivity index (χ1v) is 7.62. The molecule has 0 aliphatic carbocycles. The molecule has 2 N–H and O–H groups in total. The summed E-state index contributed by atoms with van der Waals surface area (Å²) >= 11 is 0. The predicted molar refractivity (Wildman–Crippen MR) is 81.9 cm³/mol. The molecule has 1 aliphatic heterocycles. The molecule has 0 spiro atoms. The number of carbonyl (C=O) groups excluding carboxylic acids is 2. The number of hydrogen-bond acceptors (Lipinski definition) is 4. The first-order chi connectivity index (χ1) is 9.61. The summed E-state index contributed by atoms with van der Waals surface area (Å²) < 4.78 is 5.46. The maximum atomic E-state index is 12.3. The summed E-state index contributed by atoms with van der Waals surface area (Å²) in [5, 5.41) is 0. The molecule has 6 heteroatoms. The normalized spacial score (nSPS) is 20.9. The second-order valence-corrected chi connectivity index (χ2v) is 6.83. The average Bonchev–Trinajstić information content (AvgIpc) is 2.36. The van der Waals surface area contributed by atoms with Crippen LogP contribution >= 0.6 is 0 Å². The minimum Gasteiger partial charge on any atom is -0.444 e. The Morgan fingerprint density at radius 2 is 2.00 bits per heavy atom. The predicted octanol–water partition coefficient (Wildman–Crippen LogP) is 1.58. The monoisotopic (exact) mass is 299 g/mol. The average molecular weight is 299 g/mol. The minimum absolute atomic E-state index is 0.00120. The Labute approximate surface area is 127 Å². The van der Waals surface area contributed by atoms with Gasteiger partial charge < -0.3 is 20.3 Å². The molecule has 21 heavy (non-hydrogen) atoms. The zero-order valence-corrected chi connectivity index (χ0v) is 13.9. The van der Waals surface area contributed by atoms with E-state index in [1.54, 1.807) is 23.8 Å². The van der Waals surface area contributed by atoms with Crippen LogP contribution in [0.15, 0.2) is 0 Å². The molecular formula is C15H29N3O3. The van der Waals surface area contributed by atoms with Crippen LogP contribution in [0.5, 0.6) is 0 Å². The van der Waals surface area contributed by atoms with Crippen LogP contribution in [0.2, 0.25) is 0 Å². The van der Waals surface area contributed by atoms with Crippen molar-refractivity contribution >= 4 is 12.0 Å². The van der Waals surface area contributed by atoms with Gasteiger partial charge in [-0.05, 0) is 47.0 Å². The Bertz CT molecular complexity index is 377. The number of hydrogen-bond donors (Lipinski definition) is 1. The van der Waals surface area contributed by atoms with Crippen LogP contribution in [0.4, 0.5) is 4.79 Å². The number of nitrogens with two attached hydrogens (primary N) is 1. The summed E-state index contributed by atoms with van der Waals surface area (Å²) in [5.41, 5.74) is 5.12. The molecule has 2 atom stereocenters. The Kier molecular flexibility index (Phi) is 6.01. The van der Waals surface area contributed by atoms with E-state index in [1.807, 2.05) is 20.8 Å². The van der Waals surface area contributed by atoms with E-state index in [-0.39, 0.29) is 18.0 Å². The lowest BCUT2D eigenvalue weighted by Crippen LogP contribution is -2.52. The van der Waals surface area contributed by atoms with E-state index in [4.69, 9.17) is 10.5 Å². The van der Waals surface area contributed by atoms with Crippen LogP contribution in [0.1, 0.15) is 47.0 Å². The topological polar surface area (TPSA) is 75.9 Å². The van der Waals surface area contributed by atoms with Gasteiger partial charge in [0, 0.05) is 20.1 Å². The number of nitrogens with zero attached hydrogens (tertiary/aromatic N) is 2. The smallest absolute Gasteiger partial charge is 0.410 e. The lowest BCUT2D eigenvalue weighted by Gasteiger charge is -2.38. The Hall–Kier alpha value is -1.30. The number of likely N-dealkylation sites (N-methyl/N-ethyl adjacent to an activating group) is 1. The summed E-state index contributed by atoms with van der Waals surface area (Å²) in [5.74, 6) is -0.107. The molecule has 2 amide bonds. The largest absolute Gasteiger partial charge is 0.444 e. The lowest BCUT2D eigenvalue weighted by atomic mass is 10.0. The molecule has 1 fully saturated rings. The molecule has 1 rings (SSSR count). The molecule has 0 aromatic heterocycles. The molecule has 0 saturated carbocycles. The Morgan fingerprint density at radius 3 is 2.52 bits per heavy atom. The van der Waals surface area contributed by atoms with Gasteiger partial charge in [-0.25, -0.2) is 4.79 Å². The van der Waals surface area contributed by atoms with Crippen molar-refractivity contribution < 1.29 is 14.3 Å². The molecule has 0 bridgehead atoms. The van der Waals surface area contributed by atoms with Crippen molar-refractivity contribution in [3.05, 3.63) is 0 Å². The molecule has 122 valence electrons. The number of piperidine rings is 1. The van der Waals surface area contributed by atoms with Gasteiger partial charge in [0.1, 0.15) is 5.60 Å².